The SMILES string of the molecule is CC1=CC=CC(C)C(C)=C1C.[K+].[SH-]. The first-order valence-electron chi connectivity index (χ1n) is 4.15. The number of thiol groups is 1. The number of rotatable bonds is 0. The Morgan fingerprint density at radius 1 is 1.15 bits per heavy atom. The van der Waals surface area contributed by atoms with Crippen molar-refractivity contribution < 1.29 is 51.4 Å². The maximum absolute atomic E-state index is 2.25. The van der Waals surface area contributed by atoms with Gasteiger partial charge in [-0.2, -0.15) is 0 Å². The third kappa shape index (κ3) is 4.50. The van der Waals surface area contributed by atoms with E-state index in [1.165, 1.54) is 16.7 Å². The van der Waals surface area contributed by atoms with E-state index in [1.54, 1.807) is 0 Å². The van der Waals surface area contributed by atoms with Crippen LogP contribution in [0.15, 0.2) is 34.9 Å². The van der Waals surface area contributed by atoms with Gasteiger partial charge in [-0.05, 0) is 37.8 Å². The Labute approximate surface area is 131 Å². The Morgan fingerprint density at radius 3 is 2.23 bits per heavy atom. The van der Waals surface area contributed by atoms with E-state index in [-0.39, 0.29) is 64.9 Å². The molecule has 1 aliphatic carbocycles. The van der Waals surface area contributed by atoms with Gasteiger partial charge in [-0.25, -0.2) is 0 Å². The number of hydrogen-bond donors (Lipinski definition) is 0. The molecule has 2 heteroatoms. The van der Waals surface area contributed by atoms with Crippen LogP contribution in [0.25, 0.3) is 0 Å². The molecule has 0 spiro atoms. The van der Waals surface area contributed by atoms with Gasteiger partial charge in [-0.1, -0.05) is 30.7 Å². The van der Waals surface area contributed by atoms with E-state index >= 15 is 0 Å². The summed E-state index contributed by atoms with van der Waals surface area (Å²) in [5, 5.41) is 0. The van der Waals surface area contributed by atoms with E-state index in [0.29, 0.717) is 5.92 Å². The molecule has 1 rings (SSSR count). The van der Waals surface area contributed by atoms with Gasteiger partial charge in [0.05, 0.1) is 0 Å². The molecule has 13 heavy (non-hydrogen) atoms. The molecule has 1 aliphatic rings. The molecule has 0 amide bonds. The van der Waals surface area contributed by atoms with Gasteiger partial charge < -0.3 is 13.5 Å². The Balaban J connectivity index is 0. The van der Waals surface area contributed by atoms with Gasteiger partial charge in [0, 0.05) is 0 Å². The van der Waals surface area contributed by atoms with Crippen molar-refractivity contribution in [1.82, 2.24) is 0 Å². The quantitative estimate of drug-likeness (QED) is 0.319. The zero-order valence-electron chi connectivity index (χ0n) is 9.26. The zero-order valence-corrected chi connectivity index (χ0v) is 13.3. The molecular formula is C11H17KS. The van der Waals surface area contributed by atoms with Crippen LogP contribution in [0.5, 0.6) is 0 Å². The topological polar surface area (TPSA) is 0 Å². The van der Waals surface area contributed by atoms with Gasteiger partial charge >= 0.3 is 51.4 Å². The van der Waals surface area contributed by atoms with E-state index in [4.69, 9.17) is 0 Å². The Hall–Kier alpha value is 1.21. The summed E-state index contributed by atoms with van der Waals surface area (Å²) >= 11 is 0. The fourth-order valence-corrected chi connectivity index (χ4v) is 1.29. The molecule has 0 aromatic heterocycles. The second kappa shape index (κ2) is 7.49. The predicted molar refractivity (Wildman–Crippen MR) is 59.2 cm³/mol. The van der Waals surface area contributed by atoms with E-state index < -0.39 is 0 Å². The van der Waals surface area contributed by atoms with Crippen molar-refractivity contribution in [2.75, 3.05) is 0 Å². The first-order chi connectivity index (χ1) is 5.13. The van der Waals surface area contributed by atoms with E-state index in [2.05, 4.69) is 45.9 Å². The molecule has 0 aromatic rings. The molecule has 68 valence electrons. The summed E-state index contributed by atoms with van der Waals surface area (Å²) in [6.45, 7) is 8.82. The van der Waals surface area contributed by atoms with E-state index in [0.717, 1.165) is 0 Å². The van der Waals surface area contributed by atoms with Crippen LogP contribution >= 0.6 is 0 Å². The van der Waals surface area contributed by atoms with Crippen LogP contribution in [0.4, 0.5) is 0 Å². The van der Waals surface area contributed by atoms with Crippen molar-refractivity contribution >= 4 is 13.5 Å². The largest absolute Gasteiger partial charge is 1.00 e. The van der Waals surface area contributed by atoms with Gasteiger partial charge in [-0.15, -0.1) is 0 Å². The van der Waals surface area contributed by atoms with Gasteiger partial charge in [0.2, 0.25) is 0 Å². The zero-order chi connectivity index (χ0) is 8.43. The Morgan fingerprint density at radius 2 is 1.69 bits per heavy atom. The molecule has 0 nitrogen and oxygen atoms in total. The minimum absolute atomic E-state index is 0. The molecular weight excluding hydrogens is 203 g/mol. The minimum Gasteiger partial charge on any atom is -0.813 e. The van der Waals surface area contributed by atoms with Gasteiger partial charge in [0.1, 0.15) is 0 Å². The second-order valence-corrected chi connectivity index (χ2v) is 3.33. The molecule has 0 fully saturated rings. The summed E-state index contributed by atoms with van der Waals surface area (Å²) in [4.78, 5) is 0. The smallest absolute Gasteiger partial charge is 0.813 e. The molecule has 0 saturated carbocycles. The molecule has 1 unspecified atom stereocenters. The third-order valence-corrected chi connectivity index (χ3v) is 2.61. The van der Waals surface area contributed by atoms with Crippen molar-refractivity contribution in [3.8, 4) is 0 Å². The summed E-state index contributed by atoms with van der Waals surface area (Å²) < 4.78 is 0. The van der Waals surface area contributed by atoms with Crippen molar-refractivity contribution in [3.63, 3.8) is 0 Å². The molecule has 0 heterocycles. The van der Waals surface area contributed by atoms with Crippen molar-refractivity contribution in [1.29, 1.82) is 0 Å². The average molecular weight is 220 g/mol. The molecule has 0 radical (unpaired) electrons. The molecule has 1 atom stereocenters. The van der Waals surface area contributed by atoms with Crippen LogP contribution in [0, 0.1) is 5.92 Å². The predicted octanol–water partition coefficient (Wildman–Crippen LogP) is 0.209. The summed E-state index contributed by atoms with van der Waals surface area (Å²) in [6, 6.07) is 0. The van der Waals surface area contributed by atoms with Crippen molar-refractivity contribution in [2.45, 2.75) is 27.7 Å². The molecule has 0 aliphatic heterocycles. The van der Waals surface area contributed by atoms with Gasteiger partial charge in [-0.3, -0.25) is 0 Å². The first-order valence-corrected chi connectivity index (χ1v) is 4.15. The van der Waals surface area contributed by atoms with E-state index in [1.807, 2.05) is 0 Å². The second-order valence-electron chi connectivity index (χ2n) is 3.33. The third-order valence-electron chi connectivity index (χ3n) is 2.61. The van der Waals surface area contributed by atoms with Gasteiger partial charge in [0.25, 0.3) is 0 Å². The maximum atomic E-state index is 2.25. The van der Waals surface area contributed by atoms with Crippen molar-refractivity contribution in [2.24, 2.45) is 5.92 Å². The van der Waals surface area contributed by atoms with Crippen LogP contribution < -0.4 is 51.4 Å². The molecule has 0 aromatic carbocycles. The van der Waals surface area contributed by atoms with Crippen LogP contribution in [0.3, 0.4) is 0 Å². The standard InChI is InChI=1S/C11H16.K.H2S/c1-8-6-5-7-9(2)11(4)10(8)3;;/h5-8H,1-4H3;;1H2/q;+1;/p-1. The minimum atomic E-state index is 0. The van der Waals surface area contributed by atoms with Gasteiger partial charge in [0.15, 0.2) is 0 Å². The normalized spacial score (nSPS) is 21.2. The fourth-order valence-electron chi connectivity index (χ4n) is 1.29. The van der Waals surface area contributed by atoms with E-state index in [9.17, 15) is 0 Å². The average Bonchev–Trinajstić information content (AvgIpc) is 2.07. The maximum Gasteiger partial charge on any atom is 1.00 e. The Bertz CT molecular complexity index is 249. The first kappa shape index (κ1) is 16.6. The van der Waals surface area contributed by atoms with Crippen LogP contribution in [0.1, 0.15) is 27.7 Å². The van der Waals surface area contributed by atoms with Crippen LogP contribution in [-0.4, -0.2) is 0 Å². The fraction of sp³-hybridized carbons (Fsp3) is 0.455. The molecule has 0 bridgehead atoms. The molecule has 0 saturated heterocycles. The number of hydrogen-bond acceptors (Lipinski definition) is 1. The monoisotopic (exact) mass is 220 g/mol. The summed E-state index contributed by atoms with van der Waals surface area (Å²) in [6.07, 6.45) is 6.58. The summed E-state index contributed by atoms with van der Waals surface area (Å²) in [7, 11) is 0. The summed E-state index contributed by atoms with van der Waals surface area (Å²) in [5.74, 6) is 0.601. The van der Waals surface area contributed by atoms with Crippen LogP contribution in [-0.2, 0) is 13.5 Å². The Kier molecular flexibility index (Phi) is 9.58. The van der Waals surface area contributed by atoms with Crippen LogP contribution in [0.2, 0.25) is 0 Å². The number of allylic oxidation sites excluding steroid dienone is 6. The molecule has 0 N–H and O–H groups in total. The van der Waals surface area contributed by atoms with Crippen molar-refractivity contribution in [3.05, 3.63) is 34.9 Å². The summed E-state index contributed by atoms with van der Waals surface area (Å²) in [5.41, 5.74) is 4.33.